The van der Waals surface area contributed by atoms with Gasteiger partial charge in [0.15, 0.2) is 5.13 Å². The van der Waals surface area contributed by atoms with Crippen molar-refractivity contribution in [2.75, 3.05) is 18.0 Å². The quantitative estimate of drug-likeness (QED) is 0.821. The van der Waals surface area contributed by atoms with Gasteiger partial charge in [-0.3, -0.25) is 0 Å². The molecule has 1 aliphatic rings. The summed E-state index contributed by atoms with van der Waals surface area (Å²) in [5.41, 5.74) is 7.09. The standard InChI is InChI=1S/C12H15N3S/c13-9-4-3-7-15(8-9)12-14-10-5-1-2-6-11(10)16-12/h1-2,5-6,9H,3-4,7-8,13H2/t9-/m0/s1. The Morgan fingerprint density at radius 3 is 3.06 bits per heavy atom. The van der Waals surface area contributed by atoms with E-state index in [0.717, 1.165) is 30.2 Å². The molecule has 84 valence electrons. The summed E-state index contributed by atoms with van der Waals surface area (Å²) in [6.45, 7) is 2.04. The fourth-order valence-electron chi connectivity index (χ4n) is 2.18. The molecule has 2 aromatic rings. The molecule has 1 atom stereocenters. The molecule has 0 amide bonds. The van der Waals surface area contributed by atoms with Gasteiger partial charge in [-0.2, -0.15) is 0 Å². The lowest BCUT2D eigenvalue weighted by atomic mass is 10.1. The number of para-hydroxylation sites is 1. The molecule has 1 saturated heterocycles. The lowest BCUT2D eigenvalue weighted by Gasteiger charge is -2.30. The maximum Gasteiger partial charge on any atom is 0.186 e. The monoisotopic (exact) mass is 233 g/mol. The smallest absolute Gasteiger partial charge is 0.186 e. The summed E-state index contributed by atoms with van der Waals surface area (Å²) < 4.78 is 1.26. The molecular formula is C12H15N3S. The van der Waals surface area contributed by atoms with E-state index in [1.165, 1.54) is 11.1 Å². The van der Waals surface area contributed by atoms with E-state index >= 15 is 0 Å². The highest BCUT2D eigenvalue weighted by Crippen LogP contribution is 2.29. The predicted molar refractivity (Wildman–Crippen MR) is 69.0 cm³/mol. The molecule has 2 heterocycles. The van der Waals surface area contributed by atoms with Crippen LogP contribution in [0.5, 0.6) is 0 Å². The number of benzene rings is 1. The van der Waals surface area contributed by atoms with Crippen molar-refractivity contribution in [2.24, 2.45) is 5.73 Å². The van der Waals surface area contributed by atoms with Crippen molar-refractivity contribution >= 4 is 26.7 Å². The summed E-state index contributed by atoms with van der Waals surface area (Å²) in [6, 6.07) is 8.60. The van der Waals surface area contributed by atoms with Crippen molar-refractivity contribution in [3.05, 3.63) is 24.3 Å². The summed E-state index contributed by atoms with van der Waals surface area (Å²) in [5, 5.41) is 1.12. The summed E-state index contributed by atoms with van der Waals surface area (Å²) in [4.78, 5) is 6.98. The Balaban J connectivity index is 1.93. The van der Waals surface area contributed by atoms with Gasteiger partial charge in [-0.25, -0.2) is 4.98 Å². The highest BCUT2D eigenvalue weighted by molar-refractivity contribution is 7.22. The molecule has 0 aliphatic carbocycles. The first-order valence-electron chi connectivity index (χ1n) is 5.69. The number of hydrogen-bond donors (Lipinski definition) is 1. The van der Waals surface area contributed by atoms with Crippen molar-refractivity contribution in [3.63, 3.8) is 0 Å². The van der Waals surface area contributed by atoms with Gasteiger partial charge in [-0.15, -0.1) is 0 Å². The van der Waals surface area contributed by atoms with Crippen LogP contribution in [-0.2, 0) is 0 Å². The average molecular weight is 233 g/mol. The zero-order valence-corrected chi connectivity index (χ0v) is 9.91. The van der Waals surface area contributed by atoms with Crippen LogP contribution in [0, 0.1) is 0 Å². The Kier molecular flexibility index (Phi) is 2.53. The second kappa shape index (κ2) is 4.03. The third kappa shape index (κ3) is 1.79. The maximum atomic E-state index is 5.99. The number of piperidine rings is 1. The first-order valence-corrected chi connectivity index (χ1v) is 6.51. The predicted octanol–water partition coefficient (Wildman–Crippen LogP) is 2.22. The van der Waals surface area contributed by atoms with Crippen molar-refractivity contribution in [1.29, 1.82) is 0 Å². The lowest BCUT2D eigenvalue weighted by Crippen LogP contribution is -2.42. The molecule has 3 nitrogen and oxygen atoms in total. The number of hydrogen-bond acceptors (Lipinski definition) is 4. The van der Waals surface area contributed by atoms with Crippen LogP contribution in [0.1, 0.15) is 12.8 Å². The van der Waals surface area contributed by atoms with Crippen LogP contribution in [0.2, 0.25) is 0 Å². The topological polar surface area (TPSA) is 42.1 Å². The number of nitrogens with zero attached hydrogens (tertiary/aromatic N) is 2. The molecule has 2 N–H and O–H groups in total. The van der Waals surface area contributed by atoms with Gasteiger partial charge < -0.3 is 10.6 Å². The first-order chi connectivity index (χ1) is 7.83. The Morgan fingerprint density at radius 1 is 1.38 bits per heavy atom. The number of rotatable bonds is 1. The Morgan fingerprint density at radius 2 is 2.25 bits per heavy atom. The van der Waals surface area contributed by atoms with E-state index in [1.54, 1.807) is 11.3 Å². The largest absolute Gasteiger partial charge is 0.347 e. The van der Waals surface area contributed by atoms with Crippen LogP contribution < -0.4 is 10.6 Å². The van der Waals surface area contributed by atoms with Crippen molar-refractivity contribution in [3.8, 4) is 0 Å². The van der Waals surface area contributed by atoms with Gasteiger partial charge in [0, 0.05) is 19.1 Å². The van der Waals surface area contributed by atoms with Gasteiger partial charge in [0.2, 0.25) is 0 Å². The minimum absolute atomic E-state index is 0.306. The molecule has 16 heavy (non-hydrogen) atoms. The SMILES string of the molecule is N[C@H]1CCCN(c2nc3ccccc3s2)C1. The molecule has 0 saturated carbocycles. The zero-order chi connectivity index (χ0) is 11.0. The molecule has 4 heteroatoms. The summed E-state index contributed by atoms with van der Waals surface area (Å²) in [5.74, 6) is 0. The molecule has 0 unspecified atom stereocenters. The number of aromatic nitrogens is 1. The van der Waals surface area contributed by atoms with E-state index in [9.17, 15) is 0 Å². The van der Waals surface area contributed by atoms with Crippen LogP contribution >= 0.6 is 11.3 Å². The van der Waals surface area contributed by atoms with Crippen molar-refractivity contribution in [1.82, 2.24) is 4.98 Å². The molecule has 0 spiro atoms. The molecule has 1 aliphatic heterocycles. The summed E-state index contributed by atoms with van der Waals surface area (Å²) in [7, 11) is 0. The molecule has 3 rings (SSSR count). The van der Waals surface area contributed by atoms with Crippen LogP contribution in [0.25, 0.3) is 10.2 Å². The van der Waals surface area contributed by atoms with Gasteiger partial charge >= 0.3 is 0 Å². The number of nitrogens with two attached hydrogens (primary N) is 1. The lowest BCUT2D eigenvalue weighted by molar-refractivity contribution is 0.506. The first kappa shape index (κ1) is 10.1. The summed E-state index contributed by atoms with van der Waals surface area (Å²) >= 11 is 1.77. The van der Waals surface area contributed by atoms with Gasteiger partial charge in [0.05, 0.1) is 10.2 Å². The van der Waals surface area contributed by atoms with E-state index in [1.807, 2.05) is 6.07 Å². The van der Waals surface area contributed by atoms with E-state index in [2.05, 4.69) is 28.1 Å². The van der Waals surface area contributed by atoms with E-state index in [0.29, 0.717) is 6.04 Å². The molecule has 1 fully saturated rings. The second-order valence-corrected chi connectivity index (χ2v) is 5.32. The zero-order valence-electron chi connectivity index (χ0n) is 9.10. The second-order valence-electron chi connectivity index (χ2n) is 4.31. The van der Waals surface area contributed by atoms with Crippen LogP contribution in [0.15, 0.2) is 24.3 Å². The van der Waals surface area contributed by atoms with E-state index < -0.39 is 0 Å². The van der Waals surface area contributed by atoms with Gasteiger partial charge in [-0.05, 0) is 25.0 Å². The molecule has 0 radical (unpaired) electrons. The van der Waals surface area contributed by atoms with E-state index in [-0.39, 0.29) is 0 Å². The number of anilines is 1. The highest BCUT2D eigenvalue weighted by Gasteiger charge is 2.19. The van der Waals surface area contributed by atoms with Gasteiger partial charge in [0.1, 0.15) is 0 Å². The maximum absolute atomic E-state index is 5.99. The number of fused-ring (bicyclic) bond motifs is 1. The van der Waals surface area contributed by atoms with Crippen molar-refractivity contribution < 1.29 is 0 Å². The Bertz CT molecular complexity index is 461. The number of thiazole rings is 1. The highest BCUT2D eigenvalue weighted by atomic mass is 32.1. The summed E-state index contributed by atoms with van der Waals surface area (Å²) in [6.07, 6.45) is 2.32. The Labute approximate surface area is 98.9 Å². The third-order valence-electron chi connectivity index (χ3n) is 3.01. The minimum atomic E-state index is 0.306. The van der Waals surface area contributed by atoms with E-state index in [4.69, 9.17) is 5.73 Å². The third-order valence-corrected chi connectivity index (χ3v) is 4.11. The minimum Gasteiger partial charge on any atom is -0.347 e. The average Bonchev–Trinajstić information content (AvgIpc) is 2.72. The van der Waals surface area contributed by atoms with Crippen molar-refractivity contribution in [2.45, 2.75) is 18.9 Å². The molecular weight excluding hydrogens is 218 g/mol. The Hall–Kier alpha value is -1.13. The molecule has 1 aromatic heterocycles. The fraction of sp³-hybridized carbons (Fsp3) is 0.417. The molecule has 0 bridgehead atoms. The van der Waals surface area contributed by atoms with Crippen LogP contribution in [0.3, 0.4) is 0 Å². The van der Waals surface area contributed by atoms with Gasteiger partial charge in [-0.1, -0.05) is 23.5 Å². The molecule has 1 aromatic carbocycles. The fourth-order valence-corrected chi connectivity index (χ4v) is 3.18. The van der Waals surface area contributed by atoms with Crippen LogP contribution in [-0.4, -0.2) is 24.1 Å². The van der Waals surface area contributed by atoms with Crippen LogP contribution in [0.4, 0.5) is 5.13 Å². The van der Waals surface area contributed by atoms with Gasteiger partial charge in [0.25, 0.3) is 0 Å². The normalized spacial score (nSPS) is 21.6.